The number of nitrogens with two attached hydrogens (primary N) is 1. The van der Waals surface area contributed by atoms with Gasteiger partial charge in [0, 0.05) is 11.7 Å². The second-order valence-electron chi connectivity index (χ2n) is 5.11. The first kappa shape index (κ1) is 12.6. The van der Waals surface area contributed by atoms with Gasteiger partial charge in [-0.2, -0.15) is 0 Å². The van der Waals surface area contributed by atoms with Crippen LogP contribution < -0.4 is 11.1 Å². The van der Waals surface area contributed by atoms with Crippen LogP contribution in [0.4, 0.5) is 11.4 Å². The SMILES string of the molecule is CC1CCCCCC1Nc1ccc(N)cc1Cl. The van der Waals surface area contributed by atoms with E-state index >= 15 is 0 Å². The molecule has 0 spiro atoms. The molecule has 2 unspecified atom stereocenters. The molecule has 0 bridgehead atoms. The molecule has 17 heavy (non-hydrogen) atoms. The van der Waals surface area contributed by atoms with Crippen molar-refractivity contribution in [2.45, 2.75) is 45.1 Å². The van der Waals surface area contributed by atoms with Crippen molar-refractivity contribution in [3.05, 3.63) is 23.2 Å². The largest absolute Gasteiger partial charge is 0.399 e. The highest BCUT2D eigenvalue weighted by atomic mass is 35.5. The fourth-order valence-corrected chi connectivity index (χ4v) is 2.80. The van der Waals surface area contributed by atoms with Crippen LogP contribution in [0, 0.1) is 5.92 Å². The summed E-state index contributed by atoms with van der Waals surface area (Å²) in [5.74, 6) is 0.714. The van der Waals surface area contributed by atoms with Crippen molar-refractivity contribution < 1.29 is 0 Å². The highest BCUT2D eigenvalue weighted by molar-refractivity contribution is 6.33. The Labute approximate surface area is 109 Å². The molecule has 2 nitrogen and oxygen atoms in total. The van der Waals surface area contributed by atoms with Crippen molar-refractivity contribution in [1.82, 2.24) is 0 Å². The quantitative estimate of drug-likeness (QED) is 0.608. The second-order valence-corrected chi connectivity index (χ2v) is 5.51. The molecule has 3 heteroatoms. The van der Waals surface area contributed by atoms with Crippen molar-refractivity contribution in [3.8, 4) is 0 Å². The van der Waals surface area contributed by atoms with Gasteiger partial charge in [-0.3, -0.25) is 0 Å². The molecule has 1 aliphatic carbocycles. The summed E-state index contributed by atoms with van der Waals surface area (Å²) in [7, 11) is 0. The standard InChI is InChI=1S/C14H21ClN2/c1-10-5-3-2-4-6-13(10)17-14-8-7-11(16)9-12(14)15/h7-10,13,17H,2-6,16H2,1H3. The smallest absolute Gasteiger partial charge is 0.0658 e. The maximum Gasteiger partial charge on any atom is 0.0658 e. The number of anilines is 2. The van der Waals surface area contributed by atoms with Gasteiger partial charge in [-0.15, -0.1) is 0 Å². The average Bonchev–Trinajstić information content (AvgIpc) is 2.48. The van der Waals surface area contributed by atoms with Gasteiger partial charge in [-0.05, 0) is 37.0 Å². The lowest BCUT2D eigenvalue weighted by atomic mass is 9.97. The van der Waals surface area contributed by atoms with Crippen LogP contribution >= 0.6 is 11.6 Å². The summed E-state index contributed by atoms with van der Waals surface area (Å²) in [5, 5.41) is 4.30. The van der Waals surface area contributed by atoms with Gasteiger partial charge >= 0.3 is 0 Å². The third kappa shape index (κ3) is 3.29. The topological polar surface area (TPSA) is 38.0 Å². The van der Waals surface area contributed by atoms with Gasteiger partial charge in [0.25, 0.3) is 0 Å². The van der Waals surface area contributed by atoms with Gasteiger partial charge < -0.3 is 11.1 Å². The molecule has 2 atom stereocenters. The van der Waals surface area contributed by atoms with Crippen LogP contribution in [0.15, 0.2) is 18.2 Å². The monoisotopic (exact) mass is 252 g/mol. The zero-order valence-corrected chi connectivity index (χ0v) is 11.1. The van der Waals surface area contributed by atoms with E-state index in [1.165, 1.54) is 32.1 Å². The van der Waals surface area contributed by atoms with Gasteiger partial charge in [0.1, 0.15) is 0 Å². The van der Waals surface area contributed by atoms with Crippen LogP contribution in [-0.2, 0) is 0 Å². The number of nitrogen functional groups attached to an aromatic ring is 1. The van der Waals surface area contributed by atoms with Crippen LogP contribution in [0.1, 0.15) is 39.0 Å². The summed E-state index contributed by atoms with van der Waals surface area (Å²) in [6, 6.07) is 6.23. The van der Waals surface area contributed by atoms with Crippen LogP contribution in [-0.4, -0.2) is 6.04 Å². The Balaban J connectivity index is 2.08. The van der Waals surface area contributed by atoms with Crippen LogP contribution in [0.2, 0.25) is 5.02 Å². The minimum absolute atomic E-state index is 0.540. The van der Waals surface area contributed by atoms with Gasteiger partial charge in [0.2, 0.25) is 0 Å². The average molecular weight is 253 g/mol. The van der Waals surface area contributed by atoms with Crippen molar-refractivity contribution >= 4 is 23.0 Å². The summed E-state index contributed by atoms with van der Waals surface area (Å²) >= 11 is 6.19. The molecule has 2 rings (SSSR count). The van der Waals surface area contributed by atoms with E-state index in [4.69, 9.17) is 17.3 Å². The summed E-state index contributed by atoms with van der Waals surface area (Å²) in [4.78, 5) is 0. The molecule has 0 saturated heterocycles. The minimum Gasteiger partial charge on any atom is -0.399 e. The predicted molar refractivity (Wildman–Crippen MR) is 75.5 cm³/mol. The molecular weight excluding hydrogens is 232 g/mol. The molecule has 1 aromatic rings. The molecule has 0 amide bonds. The highest BCUT2D eigenvalue weighted by Crippen LogP contribution is 2.30. The maximum atomic E-state index is 6.19. The number of rotatable bonds is 2. The van der Waals surface area contributed by atoms with E-state index in [1.807, 2.05) is 18.2 Å². The molecule has 0 radical (unpaired) electrons. The zero-order chi connectivity index (χ0) is 12.3. The maximum absolute atomic E-state index is 6.19. The normalized spacial score (nSPS) is 25.3. The Morgan fingerprint density at radius 3 is 2.76 bits per heavy atom. The first-order valence-electron chi connectivity index (χ1n) is 6.48. The molecule has 1 fully saturated rings. The molecule has 0 aromatic heterocycles. The Morgan fingerprint density at radius 2 is 2.00 bits per heavy atom. The van der Waals surface area contributed by atoms with Gasteiger partial charge in [-0.25, -0.2) is 0 Å². The fourth-order valence-electron chi connectivity index (χ4n) is 2.56. The van der Waals surface area contributed by atoms with Crippen molar-refractivity contribution in [1.29, 1.82) is 0 Å². The van der Waals surface area contributed by atoms with E-state index in [2.05, 4.69) is 12.2 Å². The fraction of sp³-hybridized carbons (Fsp3) is 0.571. The molecular formula is C14H21ClN2. The number of nitrogens with one attached hydrogen (secondary N) is 1. The first-order valence-corrected chi connectivity index (χ1v) is 6.86. The number of hydrogen-bond donors (Lipinski definition) is 2. The molecule has 94 valence electrons. The molecule has 0 aliphatic heterocycles. The second kappa shape index (κ2) is 5.63. The van der Waals surface area contributed by atoms with E-state index in [0.29, 0.717) is 12.0 Å². The highest BCUT2D eigenvalue weighted by Gasteiger charge is 2.20. The number of hydrogen-bond acceptors (Lipinski definition) is 2. The summed E-state index contributed by atoms with van der Waals surface area (Å²) in [5.41, 5.74) is 7.43. The lowest BCUT2D eigenvalue weighted by molar-refractivity contribution is 0.457. The first-order chi connectivity index (χ1) is 8.16. The van der Waals surface area contributed by atoms with E-state index in [9.17, 15) is 0 Å². The van der Waals surface area contributed by atoms with Crippen molar-refractivity contribution in [3.63, 3.8) is 0 Å². The molecule has 3 N–H and O–H groups in total. The van der Waals surface area contributed by atoms with Crippen LogP contribution in [0.5, 0.6) is 0 Å². The van der Waals surface area contributed by atoms with E-state index in [-0.39, 0.29) is 0 Å². The third-order valence-electron chi connectivity index (χ3n) is 3.70. The van der Waals surface area contributed by atoms with Gasteiger partial charge in [0.15, 0.2) is 0 Å². The van der Waals surface area contributed by atoms with Gasteiger partial charge in [-0.1, -0.05) is 37.8 Å². The summed E-state index contributed by atoms with van der Waals surface area (Å²) < 4.78 is 0. The van der Waals surface area contributed by atoms with Gasteiger partial charge in [0.05, 0.1) is 10.7 Å². The van der Waals surface area contributed by atoms with E-state index < -0.39 is 0 Å². The molecule has 0 heterocycles. The minimum atomic E-state index is 0.540. The van der Waals surface area contributed by atoms with E-state index in [0.717, 1.165) is 16.4 Å². The molecule has 1 aromatic carbocycles. The number of benzene rings is 1. The molecule has 1 aliphatic rings. The summed E-state index contributed by atoms with van der Waals surface area (Å²) in [6.45, 7) is 2.33. The van der Waals surface area contributed by atoms with Crippen LogP contribution in [0.3, 0.4) is 0 Å². The lowest BCUT2D eigenvalue weighted by Crippen LogP contribution is -2.26. The summed E-state index contributed by atoms with van der Waals surface area (Å²) in [6.07, 6.45) is 6.58. The Kier molecular flexibility index (Phi) is 4.16. The Morgan fingerprint density at radius 1 is 1.24 bits per heavy atom. The molecule has 1 saturated carbocycles. The number of halogens is 1. The van der Waals surface area contributed by atoms with E-state index in [1.54, 1.807) is 0 Å². The predicted octanol–water partition coefficient (Wildman–Crippen LogP) is 4.30. The van der Waals surface area contributed by atoms with Crippen LogP contribution in [0.25, 0.3) is 0 Å². The zero-order valence-electron chi connectivity index (χ0n) is 10.4. The van der Waals surface area contributed by atoms with Crippen molar-refractivity contribution in [2.75, 3.05) is 11.1 Å². The third-order valence-corrected chi connectivity index (χ3v) is 4.01. The Hall–Kier alpha value is -0.890. The van der Waals surface area contributed by atoms with Crippen molar-refractivity contribution in [2.24, 2.45) is 5.92 Å². The lowest BCUT2D eigenvalue weighted by Gasteiger charge is -2.24. The Bertz CT molecular complexity index is 378.